The molecule has 0 aliphatic heterocycles. The van der Waals surface area contributed by atoms with Crippen molar-refractivity contribution in [1.82, 2.24) is 9.38 Å². The zero-order chi connectivity index (χ0) is 13.8. The average Bonchev–Trinajstić information content (AvgIpc) is 2.82. The van der Waals surface area contributed by atoms with Crippen molar-refractivity contribution in [2.45, 2.75) is 20.5 Å². The fourth-order valence-electron chi connectivity index (χ4n) is 2.17. The van der Waals surface area contributed by atoms with E-state index in [-0.39, 0.29) is 12.5 Å². The molecule has 0 amide bonds. The molecule has 2 heterocycles. The van der Waals surface area contributed by atoms with Gasteiger partial charge in [0.05, 0.1) is 24.3 Å². The summed E-state index contributed by atoms with van der Waals surface area (Å²) in [5.41, 5.74) is 1.58. The standard InChI is InChI=1S/C14H18N4O/c1-3-17(9-11(2)8-15)14-12(10-19)18-7-5-4-6-13(18)16-14/h4-7,11,19H,3,9-10H2,1-2H3. The lowest BCUT2D eigenvalue weighted by molar-refractivity contribution is 0.276. The highest BCUT2D eigenvalue weighted by Gasteiger charge is 2.18. The van der Waals surface area contributed by atoms with Crippen LogP contribution in [0.25, 0.3) is 5.65 Å². The normalized spacial score (nSPS) is 12.3. The van der Waals surface area contributed by atoms with Gasteiger partial charge < -0.3 is 10.0 Å². The van der Waals surface area contributed by atoms with Crippen LogP contribution in [-0.4, -0.2) is 27.6 Å². The Labute approximate surface area is 112 Å². The molecule has 5 nitrogen and oxygen atoms in total. The highest BCUT2D eigenvalue weighted by Crippen LogP contribution is 2.22. The van der Waals surface area contributed by atoms with Crippen LogP contribution in [0.4, 0.5) is 5.82 Å². The van der Waals surface area contributed by atoms with E-state index in [0.29, 0.717) is 6.54 Å². The van der Waals surface area contributed by atoms with E-state index in [1.807, 2.05) is 47.5 Å². The van der Waals surface area contributed by atoms with Gasteiger partial charge in [-0.1, -0.05) is 6.07 Å². The quantitative estimate of drug-likeness (QED) is 0.888. The van der Waals surface area contributed by atoms with Crippen molar-refractivity contribution in [3.05, 3.63) is 30.1 Å². The van der Waals surface area contributed by atoms with E-state index in [4.69, 9.17) is 5.26 Å². The third-order valence-corrected chi connectivity index (χ3v) is 3.15. The van der Waals surface area contributed by atoms with Gasteiger partial charge in [-0.15, -0.1) is 0 Å². The SMILES string of the molecule is CCN(CC(C)C#N)c1nc2ccccn2c1CO. The summed E-state index contributed by atoms with van der Waals surface area (Å²) in [5.74, 6) is 0.689. The maximum absolute atomic E-state index is 9.59. The molecule has 0 spiro atoms. The summed E-state index contributed by atoms with van der Waals surface area (Å²) in [7, 11) is 0. The second-order valence-electron chi connectivity index (χ2n) is 4.54. The maximum Gasteiger partial charge on any atom is 0.153 e. The average molecular weight is 258 g/mol. The first kappa shape index (κ1) is 13.4. The molecule has 0 saturated carbocycles. The van der Waals surface area contributed by atoms with Crippen molar-refractivity contribution in [1.29, 1.82) is 5.26 Å². The molecule has 0 fully saturated rings. The van der Waals surface area contributed by atoms with Gasteiger partial charge in [-0.05, 0) is 26.0 Å². The Morgan fingerprint density at radius 2 is 2.32 bits per heavy atom. The van der Waals surface area contributed by atoms with Gasteiger partial charge in [0.1, 0.15) is 5.65 Å². The topological polar surface area (TPSA) is 64.6 Å². The molecule has 1 N–H and O–H groups in total. The monoisotopic (exact) mass is 258 g/mol. The highest BCUT2D eigenvalue weighted by molar-refractivity contribution is 5.55. The van der Waals surface area contributed by atoms with Gasteiger partial charge >= 0.3 is 0 Å². The lowest BCUT2D eigenvalue weighted by atomic mass is 10.2. The number of hydrogen-bond acceptors (Lipinski definition) is 4. The first-order valence-corrected chi connectivity index (χ1v) is 6.42. The molecular weight excluding hydrogens is 240 g/mol. The van der Waals surface area contributed by atoms with Crippen LogP contribution in [0, 0.1) is 17.2 Å². The van der Waals surface area contributed by atoms with E-state index in [9.17, 15) is 5.11 Å². The number of pyridine rings is 1. The molecular formula is C14H18N4O. The third kappa shape index (κ3) is 2.54. The first-order chi connectivity index (χ1) is 9.21. The van der Waals surface area contributed by atoms with E-state index in [1.165, 1.54) is 0 Å². The number of anilines is 1. The number of aliphatic hydroxyl groups is 1. The summed E-state index contributed by atoms with van der Waals surface area (Å²) in [4.78, 5) is 6.60. The Morgan fingerprint density at radius 1 is 1.53 bits per heavy atom. The van der Waals surface area contributed by atoms with Crippen molar-refractivity contribution < 1.29 is 5.11 Å². The molecule has 1 unspecified atom stereocenters. The van der Waals surface area contributed by atoms with E-state index < -0.39 is 0 Å². The molecule has 0 aliphatic rings. The fourth-order valence-corrected chi connectivity index (χ4v) is 2.17. The molecule has 19 heavy (non-hydrogen) atoms. The largest absolute Gasteiger partial charge is 0.390 e. The van der Waals surface area contributed by atoms with Gasteiger partial charge in [0, 0.05) is 19.3 Å². The predicted octanol–water partition coefficient (Wildman–Crippen LogP) is 1.81. The molecule has 0 aromatic carbocycles. The Bertz CT molecular complexity index is 599. The van der Waals surface area contributed by atoms with Crippen LogP contribution < -0.4 is 4.90 Å². The summed E-state index contributed by atoms with van der Waals surface area (Å²) < 4.78 is 1.88. The van der Waals surface area contributed by atoms with E-state index in [0.717, 1.165) is 23.7 Å². The summed E-state index contributed by atoms with van der Waals surface area (Å²) in [5, 5.41) is 18.5. The lowest BCUT2D eigenvalue weighted by Crippen LogP contribution is -2.29. The second kappa shape index (κ2) is 5.72. The minimum atomic E-state index is -0.0729. The van der Waals surface area contributed by atoms with Crippen molar-refractivity contribution in [2.24, 2.45) is 5.92 Å². The van der Waals surface area contributed by atoms with E-state index >= 15 is 0 Å². The highest BCUT2D eigenvalue weighted by atomic mass is 16.3. The predicted molar refractivity (Wildman–Crippen MR) is 73.8 cm³/mol. The number of imidazole rings is 1. The number of nitriles is 1. The third-order valence-electron chi connectivity index (χ3n) is 3.15. The van der Waals surface area contributed by atoms with E-state index in [1.54, 1.807) is 0 Å². The minimum Gasteiger partial charge on any atom is -0.390 e. The fraction of sp³-hybridized carbons (Fsp3) is 0.429. The second-order valence-corrected chi connectivity index (χ2v) is 4.54. The maximum atomic E-state index is 9.59. The van der Waals surface area contributed by atoms with Gasteiger partial charge in [-0.25, -0.2) is 4.98 Å². The molecule has 0 radical (unpaired) electrons. The van der Waals surface area contributed by atoms with Crippen LogP contribution in [0.1, 0.15) is 19.5 Å². The van der Waals surface area contributed by atoms with Gasteiger partial charge in [0.2, 0.25) is 0 Å². The van der Waals surface area contributed by atoms with Crippen molar-refractivity contribution in [3.8, 4) is 6.07 Å². The number of aromatic nitrogens is 2. The summed E-state index contributed by atoms with van der Waals surface area (Å²) in [6.07, 6.45) is 1.89. The lowest BCUT2D eigenvalue weighted by Gasteiger charge is -2.22. The molecule has 0 bridgehead atoms. The van der Waals surface area contributed by atoms with Gasteiger partial charge in [-0.3, -0.25) is 4.40 Å². The molecule has 2 rings (SSSR count). The van der Waals surface area contributed by atoms with Crippen LogP contribution >= 0.6 is 0 Å². The van der Waals surface area contributed by atoms with Crippen LogP contribution in [0.5, 0.6) is 0 Å². The Kier molecular flexibility index (Phi) is 4.03. The van der Waals surface area contributed by atoms with Gasteiger partial charge in [0.25, 0.3) is 0 Å². The Hall–Kier alpha value is -2.06. The summed E-state index contributed by atoms with van der Waals surface area (Å²) >= 11 is 0. The first-order valence-electron chi connectivity index (χ1n) is 6.42. The van der Waals surface area contributed by atoms with Crippen molar-refractivity contribution in [3.63, 3.8) is 0 Å². The number of fused-ring (bicyclic) bond motifs is 1. The van der Waals surface area contributed by atoms with E-state index in [2.05, 4.69) is 11.1 Å². The van der Waals surface area contributed by atoms with Gasteiger partial charge in [-0.2, -0.15) is 5.26 Å². The Morgan fingerprint density at radius 3 is 2.95 bits per heavy atom. The van der Waals surface area contributed by atoms with Crippen molar-refractivity contribution >= 4 is 11.5 Å². The molecule has 0 saturated heterocycles. The van der Waals surface area contributed by atoms with Crippen LogP contribution in [0.3, 0.4) is 0 Å². The number of nitrogens with zero attached hydrogens (tertiary/aromatic N) is 4. The van der Waals surface area contributed by atoms with Crippen LogP contribution in [0.2, 0.25) is 0 Å². The smallest absolute Gasteiger partial charge is 0.153 e. The molecule has 5 heteroatoms. The zero-order valence-electron chi connectivity index (χ0n) is 11.2. The van der Waals surface area contributed by atoms with Gasteiger partial charge in [0.15, 0.2) is 5.82 Å². The Balaban J connectivity index is 2.45. The molecule has 2 aromatic rings. The molecule has 0 aliphatic carbocycles. The summed E-state index contributed by atoms with van der Waals surface area (Å²) in [6.45, 7) is 5.21. The van der Waals surface area contributed by atoms with Crippen molar-refractivity contribution in [2.75, 3.05) is 18.0 Å². The van der Waals surface area contributed by atoms with Crippen LogP contribution in [0.15, 0.2) is 24.4 Å². The van der Waals surface area contributed by atoms with Crippen LogP contribution in [-0.2, 0) is 6.61 Å². The summed E-state index contributed by atoms with van der Waals surface area (Å²) in [6, 6.07) is 7.97. The zero-order valence-corrected chi connectivity index (χ0v) is 11.2. The molecule has 2 aromatic heterocycles. The molecule has 100 valence electrons. The number of hydrogen-bond donors (Lipinski definition) is 1. The molecule has 1 atom stereocenters. The number of rotatable bonds is 5. The minimum absolute atomic E-state index is 0.0715. The number of aliphatic hydroxyl groups excluding tert-OH is 1.